The Balaban J connectivity index is 2.19. The third kappa shape index (κ3) is 5.65. The van der Waals surface area contributed by atoms with Crippen LogP contribution in [0.4, 0.5) is 11.4 Å². The Hall–Kier alpha value is -2.25. The average Bonchev–Trinajstić information content (AvgIpc) is 2.54. The minimum Gasteiger partial charge on any atom is -0.494 e. The summed E-state index contributed by atoms with van der Waals surface area (Å²) in [5, 5.41) is 3.19. The topological polar surface area (TPSA) is 75.7 Å². The van der Waals surface area contributed by atoms with Crippen LogP contribution in [-0.2, 0) is 14.8 Å². The minimum atomic E-state index is -3.65. The molecule has 0 spiro atoms. The fourth-order valence-corrected chi connectivity index (χ4v) is 3.13. The van der Waals surface area contributed by atoms with Crippen molar-refractivity contribution in [1.29, 1.82) is 0 Å². The molecule has 2 aromatic carbocycles. The van der Waals surface area contributed by atoms with E-state index in [-0.39, 0.29) is 6.54 Å². The Morgan fingerprint density at radius 2 is 1.88 bits per heavy atom. The van der Waals surface area contributed by atoms with Crippen molar-refractivity contribution < 1.29 is 17.9 Å². The fraction of sp³-hybridized carbons (Fsp3) is 0.235. The molecule has 6 nitrogen and oxygen atoms in total. The number of carbonyl (C=O) groups is 1. The number of carbonyl (C=O) groups excluding carboxylic acids is 1. The third-order valence-electron chi connectivity index (χ3n) is 3.23. The number of nitrogens with zero attached hydrogens (tertiary/aromatic N) is 1. The van der Waals surface area contributed by atoms with E-state index in [1.54, 1.807) is 48.5 Å². The Kier molecular flexibility index (Phi) is 6.27. The molecule has 0 saturated carbocycles. The van der Waals surface area contributed by atoms with Gasteiger partial charge in [0, 0.05) is 16.8 Å². The largest absolute Gasteiger partial charge is 0.494 e. The molecule has 0 aliphatic rings. The van der Waals surface area contributed by atoms with E-state index in [1.165, 1.54) is 0 Å². The van der Waals surface area contributed by atoms with Crippen molar-refractivity contribution in [3.63, 3.8) is 0 Å². The molecule has 0 aromatic heterocycles. The van der Waals surface area contributed by atoms with Gasteiger partial charge in [-0.3, -0.25) is 9.10 Å². The number of benzene rings is 2. The van der Waals surface area contributed by atoms with Gasteiger partial charge in [-0.05, 0) is 43.3 Å². The van der Waals surface area contributed by atoms with Gasteiger partial charge in [0.1, 0.15) is 12.3 Å². The lowest BCUT2D eigenvalue weighted by Crippen LogP contribution is -2.37. The van der Waals surface area contributed by atoms with Gasteiger partial charge in [0.15, 0.2) is 0 Å². The molecular weight excluding hydrogens is 364 g/mol. The van der Waals surface area contributed by atoms with Crippen molar-refractivity contribution in [2.24, 2.45) is 0 Å². The highest BCUT2D eigenvalue weighted by Crippen LogP contribution is 2.23. The molecule has 2 aromatic rings. The first-order valence-corrected chi connectivity index (χ1v) is 9.78. The normalized spacial score (nSPS) is 11.0. The molecule has 1 amide bonds. The zero-order valence-electron chi connectivity index (χ0n) is 13.9. The van der Waals surface area contributed by atoms with Crippen LogP contribution in [0.5, 0.6) is 5.75 Å². The van der Waals surface area contributed by atoms with Crippen molar-refractivity contribution in [3.8, 4) is 5.75 Å². The fourth-order valence-electron chi connectivity index (χ4n) is 2.16. The van der Waals surface area contributed by atoms with Crippen molar-refractivity contribution in [2.75, 3.05) is 29.0 Å². The highest BCUT2D eigenvalue weighted by molar-refractivity contribution is 7.92. The van der Waals surface area contributed by atoms with E-state index in [2.05, 4.69) is 5.32 Å². The number of ether oxygens (including phenoxy) is 1. The summed E-state index contributed by atoms with van der Waals surface area (Å²) in [6.45, 7) is 1.94. The van der Waals surface area contributed by atoms with Crippen molar-refractivity contribution in [3.05, 3.63) is 53.6 Å². The van der Waals surface area contributed by atoms with Crippen molar-refractivity contribution in [1.82, 2.24) is 0 Å². The first-order chi connectivity index (χ1) is 11.8. The summed E-state index contributed by atoms with van der Waals surface area (Å²) in [4.78, 5) is 12.3. The molecule has 25 heavy (non-hydrogen) atoms. The number of hydrogen-bond acceptors (Lipinski definition) is 4. The number of sulfonamides is 1. The monoisotopic (exact) mass is 382 g/mol. The highest BCUT2D eigenvalue weighted by atomic mass is 35.5. The summed E-state index contributed by atoms with van der Waals surface area (Å²) in [5.74, 6) is 0.0707. The maximum atomic E-state index is 12.3. The smallest absolute Gasteiger partial charge is 0.245 e. The second-order valence-electron chi connectivity index (χ2n) is 5.26. The van der Waals surface area contributed by atoms with Crippen LogP contribution in [0.3, 0.4) is 0 Å². The van der Waals surface area contributed by atoms with E-state index in [9.17, 15) is 13.2 Å². The number of rotatable bonds is 7. The van der Waals surface area contributed by atoms with Crippen LogP contribution >= 0.6 is 11.6 Å². The van der Waals surface area contributed by atoms with E-state index in [0.29, 0.717) is 28.8 Å². The van der Waals surface area contributed by atoms with Gasteiger partial charge in [-0.1, -0.05) is 17.7 Å². The second kappa shape index (κ2) is 8.22. The molecule has 2 rings (SSSR count). The van der Waals surface area contributed by atoms with E-state index in [1.807, 2.05) is 6.92 Å². The Labute approximate surface area is 152 Å². The SMILES string of the molecule is CCOc1cccc(N(CC(=O)Nc2ccc(Cl)cc2)S(C)(=O)=O)c1. The molecule has 0 bridgehead atoms. The summed E-state index contributed by atoms with van der Waals surface area (Å²) < 4.78 is 30.7. The lowest BCUT2D eigenvalue weighted by atomic mass is 10.3. The van der Waals surface area contributed by atoms with Gasteiger partial charge in [0.2, 0.25) is 15.9 Å². The molecular formula is C17H19ClN2O4S. The molecule has 8 heteroatoms. The zero-order valence-corrected chi connectivity index (χ0v) is 15.5. The molecule has 0 atom stereocenters. The van der Waals surface area contributed by atoms with Crippen LogP contribution in [0.25, 0.3) is 0 Å². The third-order valence-corrected chi connectivity index (χ3v) is 4.62. The van der Waals surface area contributed by atoms with Crippen LogP contribution in [0.1, 0.15) is 6.92 Å². The van der Waals surface area contributed by atoms with Gasteiger partial charge < -0.3 is 10.1 Å². The minimum absolute atomic E-state index is 0.350. The van der Waals surface area contributed by atoms with Gasteiger partial charge >= 0.3 is 0 Å². The number of halogens is 1. The van der Waals surface area contributed by atoms with Gasteiger partial charge in [0.05, 0.1) is 18.6 Å². The molecule has 0 aliphatic carbocycles. The Morgan fingerprint density at radius 1 is 1.20 bits per heavy atom. The van der Waals surface area contributed by atoms with E-state index >= 15 is 0 Å². The molecule has 0 saturated heterocycles. The molecule has 0 fully saturated rings. The second-order valence-corrected chi connectivity index (χ2v) is 7.60. The number of anilines is 2. The molecule has 0 aliphatic heterocycles. The van der Waals surface area contributed by atoms with Crippen LogP contribution in [0.15, 0.2) is 48.5 Å². The summed E-state index contributed by atoms with van der Waals surface area (Å²) in [6, 6.07) is 13.1. The average molecular weight is 383 g/mol. The maximum absolute atomic E-state index is 12.3. The summed E-state index contributed by atoms with van der Waals surface area (Å²) in [6.07, 6.45) is 1.05. The summed E-state index contributed by atoms with van der Waals surface area (Å²) in [5.41, 5.74) is 0.894. The zero-order chi connectivity index (χ0) is 18.4. The molecule has 0 unspecified atom stereocenters. The lowest BCUT2D eigenvalue weighted by molar-refractivity contribution is -0.114. The van der Waals surface area contributed by atoms with Gasteiger partial charge in [-0.15, -0.1) is 0 Å². The van der Waals surface area contributed by atoms with Crippen LogP contribution in [0, 0.1) is 0 Å². The summed E-state index contributed by atoms with van der Waals surface area (Å²) >= 11 is 5.80. The molecule has 0 radical (unpaired) electrons. The molecule has 1 N–H and O–H groups in total. The first kappa shape index (κ1) is 19.1. The molecule has 134 valence electrons. The Bertz CT molecular complexity index is 838. The number of amides is 1. The van der Waals surface area contributed by atoms with E-state index in [0.717, 1.165) is 10.6 Å². The highest BCUT2D eigenvalue weighted by Gasteiger charge is 2.21. The van der Waals surface area contributed by atoms with Crippen molar-refractivity contribution >= 4 is 38.9 Å². The van der Waals surface area contributed by atoms with E-state index < -0.39 is 15.9 Å². The standard InChI is InChI=1S/C17H19ClN2O4S/c1-3-24-16-6-4-5-15(11-16)20(25(2,22)23)12-17(21)19-14-9-7-13(18)8-10-14/h4-11H,3,12H2,1-2H3,(H,19,21). The predicted octanol–water partition coefficient (Wildman–Crippen LogP) is 3.14. The number of hydrogen-bond donors (Lipinski definition) is 1. The van der Waals surface area contributed by atoms with Gasteiger partial charge in [0.25, 0.3) is 0 Å². The van der Waals surface area contributed by atoms with Gasteiger partial charge in [-0.25, -0.2) is 8.42 Å². The van der Waals surface area contributed by atoms with E-state index in [4.69, 9.17) is 16.3 Å². The number of nitrogens with one attached hydrogen (secondary N) is 1. The quantitative estimate of drug-likeness (QED) is 0.798. The van der Waals surface area contributed by atoms with Gasteiger partial charge in [-0.2, -0.15) is 0 Å². The van der Waals surface area contributed by atoms with Crippen LogP contribution in [0.2, 0.25) is 5.02 Å². The van der Waals surface area contributed by atoms with Crippen LogP contribution < -0.4 is 14.4 Å². The maximum Gasteiger partial charge on any atom is 0.245 e. The van der Waals surface area contributed by atoms with Crippen molar-refractivity contribution in [2.45, 2.75) is 6.92 Å². The molecule has 0 heterocycles. The summed E-state index contributed by atoms with van der Waals surface area (Å²) in [7, 11) is -3.65. The predicted molar refractivity (Wildman–Crippen MR) is 99.9 cm³/mol. The van der Waals surface area contributed by atoms with Crippen LogP contribution in [-0.4, -0.2) is 33.7 Å². The lowest BCUT2D eigenvalue weighted by Gasteiger charge is -2.22. The first-order valence-electron chi connectivity index (χ1n) is 7.55. The Morgan fingerprint density at radius 3 is 2.48 bits per heavy atom.